The van der Waals surface area contributed by atoms with Crippen molar-refractivity contribution in [1.29, 1.82) is 0 Å². The van der Waals surface area contributed by atoms with E-state index in [1.54, 1.807) is 36.5 Å². The SMILES string of the molecule is CCOc1ccc(NC(=O)c2ccnc(C)c2)cc1CO. The van der Waals surface area contributed by atoms with Gasteiger partial charge >= 0.3 is 0 Å². The molecule has 0 spiro atoms. The number of hydrogen-bond acceptors (Lipinski definition) is 4. The number of amides is 1. The van der Waals surface area contributed by atoms with E-state index in [1.165, 1.54) is 0 Å². The Balaban J connectivity index is 2.17. The van der Waals surface area contributed by atoms with Crippen LogP contribution in [0.5, 0.6) is 5.75 Å². The lowest BCUT2D eigenvalue weighted by atomic mass is 10.1. The molecule has 0 radical (unpaired) electrons. The number of pyridine rings is 1. The Bertz CT molecular complexity index is 641. The van der Waals surface area contributed by atoms with Gasteiger partial charge in [0.05, 0.1) is 13.2 Å². The molecule has 5 nitrogen and oxygen atoms in total. The van der Waals surface area contributed by atoms with Crippen molar-refractivity contribution in [3.05, 3.63) is 53.3 Å². The van der Waals surface area contributed by atoms with Gasteiger partial charge in [0.2, 0.25) is 0 Å². The first-order valence-electron chi connectivity index (χ1n) is 6.74. The fraction of sp³-hybridized carbons (Fsp3) is 0.250. The van der Waals surface area contributed by atoms with Crippen LogP contribution in [0.25, 0.3) is 0 Å². The minimum atomic E-state index is -0.214. The normalized spacial score (nSPS) is 10.2. The van der Waals surface area contributed by atoms with Gasteiger partial charge in [-0.2, -0.15) is 0 Å². The molecule has 0 bridgehead atoms. The zero-order valence-electron chi connectivity index (χ0n) is 12.1. The zero-order valence-corrected chi connectivity index (χ0v) is 12.1. The molecule has 5 heteroatoms. The molecule has 1 amide bonds. The Kier molecular flexibility index (Phi) is 4.90. The average molecular weight is 286 g/mol. The van der Waals surface area contributed by atoms with Gasteiger partial charge < -0.3 is 15.2 Å². The van der Waals surface area contributed by atoms with Gasteiger partial charge in [-0.25, -0.2) is 0 Å². The number of carbonyl (C=O) groups excluding carboxylic acids is 1. The van der Waals surface area contributed by atoms with E-state index in [4.69, 9.17) is 4.74 Å². The number of aliphatic hydroxyl groups excluding tert-OH is 1. The van der Waals surface area contributed by atoms with Crippen LogP contribution in [0.4, 0.5) is 5.69 Å². The first-order valence-corrected chi connectivity index (χ1v) is 6.74. The highest BCUT2D eigenvalue weighted by atomic mass is 16.5. The molecule has 0 aliphatic carbocycles. The fourth-order valence-electron chi connectivity index (χ4n) is 1.97. The Hall–Kier alpha value is -2.40. The van der Waals surface area contributed by atoms with Gasteiger partial charge in [0.1, 0.15) is 5.75 Å². The summed E-state index contributed by atoms with van der Waals surface area (Å²) in [6, 6.07) is 8.57. The highest BCUT2D eigenvalue weighted by Crippen LogP contribution is 2.23. The fourth-order valence-corrected chi connectivity index (χ4v) is 1.97. The number of benzene rings is 1. The van der Waals surface area contributed by atoms with Gasteiger partial charge in [-0.1, -0.05) is 0 Å². The van der Waals surface area contributed by atoms with Gasteiger partial charge in [0, 0.05) is 28.7 Å². The summed E-state index contributed by atoms with van der Waals surface area (Å²) in [5.41, 5.74) is 2.58. The maximum atomic E-state index is 12.1. The molecule has 0 atom stereocenters. The highest BCUT2D eigenvalue weighted by molar-refractivity contribution is 6.04. The van der Waals surface area contributed by atoms with Crippen molar-refractivity contribution in [3.63, 3.8) is 0 Å². The van der Waals surface area contributed by atoms with Gasteiger partial charge in [0.25, 0.3) is 5.91 Å². The Morgan fingerprint density at radius 3 is 2.81 bits per heavy atom. The quantitative estimate of drug-likeness (QED) is 0.886. The number of ether oxygens (including phenoxy) is 1. The largest absolute Gasteiger partial charge is 0.494 e. The minimum absolute atomic E-state index is 0.145. The molecule has 1 heterocycles. The first-order chi connectivity index (χ1) is 10.1. The van der Waals surface area contributed by atoms with Crippen molar-refractivity contribution < 1.29 is 14.6 Å². The van der Waals surface area contributed by atoms with Crippen molar-refractivity contribution in [2.75, 3.05) is 11.9 Å². The predicted octanol–water partition coefficient (Wildman–Crippen LogP) is 2.53. The minimum Gasteiger partial charge on any atom is -0.494 e. The summed E-state index contributed by atoms with van der Waals surface area (Å²) < 4.78 is 5.41. The smallest absolute Gasteiger partial charge is 0.255 e. The Labute approximate surface area is 123 Å². The molecule has 0 saturated heterocycles. The summed E-state index contributed by atoms with van der Waals surface area (Å²) in [6.45, 7) is 4.09. The molecule has 0 unspecified atom stereocenters. The number of nitrogens with zero attached hydrogens (tertiary/aromatic N) is 1. The van der Waals surface area contributed by atoms with Crippen molar-refractivity contribution in [2.45, 2.75) is 20.5 Å². The molecular formula is C16H18N2O3. The maximum absolute atomic E-state index is 12.1. The summed E-state index contributed by atoms with van der Waals surface area (Å²) in [7, 11) is 0. The molecule has 2 aromatic rings. The molecule has 110 valence electrons. The number of anilines is 1. The summed E-state index contributed by atoms with van der Waals surface area (Å²) in [5, 5.41) is 12.2. The van der Waals surface area contributed by atoms with Crippen molar-refractivity contribution in [2.24, 2.45) is 0 Å². The third kappa shape index (κ3) is 3.79. The molecule has 0 fully saturated rings. The number of nitrogens with one attached hydrogen (secondary N) is 1. The topological polar surface area (TPSA) is 71.5 Å². The number of aryl methyl sites for hydroxylation is 1. The molecular weight excluding hydrogens is 268 g/mol. The van der Waals surface area contributed by atoms with Crippen molar-refractivity contribution in [3.8, 4) is 5.75 Å². The average Bonchev–Trinajstić information content (AvgIpc) is 2.49. The Morgan fingerprint density at radius 1 is 1.33 bits per heavy atom. The van der Waals surface area contributed by atoms with E-state index in [1.807, 2.05) is 13.8 Å². The van der Waals surface area contributed by atoms with E-state index in [0.29, 0.717) is 29.2 Å². The molecule has 0 aliphatic heterocycles. The van der Waals surface area contributed by atoms with Crippen molar-refractivity contribution >= 4 is 11.6 Å². The maximum Gasteiger partial charge on any atom is 0.255 e. The predicted molar refractivity (Wildman–Crippen MR) is 80.5 cm³/mol. The molecule has 2 N–H and O–H groups in total. The number of aliphatic hydroxyl groups is 1. The van der Waals surface area contributed by atoms with E-state index >= 15 is 0 Å². The number of rotatable bonds is 5. The first kappa shape index (κ1) is 15.0. The molecule has 0 saturated carbocycles. The summed E-state index contributed by atoms with van der Waals surface area (Å²) >= 11 is 0. The second-order valence-corrected chi connectivity index (χ2v) is 4.55. The monoisotopic (exact) mass is 286 g/mol. The standard InChI is InChI=1S/C16H18N2O3/c1-3-21-15-5-4-14(9-13(15)10-19)18-16(20)12-6-7-17-11(2)8-12/h4-9,19H,3,10H2,1-2H3,(H,18,20). The zero-order chi connectivity index (χ0) is 15.2. The summed E-state index contributed by atoms with van der Waals surface area (Å²) in [5.74, 6) is 0.409. The third-order valence-electron chi connectivity index (χ3n) is 2.95. The van der Waals surface area contributed by atoms with Crippen LogP contribution in [0.2, 0.25) is 0 Å². The van der Waals surface area contributed by atoms with Crippen LogP contribution in [0, 0.1) is 6.92 Å². The summed E-state index contributed by atoms with van der Waals surface area (Å²) in [4.78, 5) is 16.2. The van der Waals surface area contributed by atoms with Crippen LogP contribution in [0.3, 0.4) is 0 Å². The molecule has 1 aromatic carbocycles. The second kappa shape index (κ2) is 6.85. The lowest BCUT2D eigenvalue weighted by Crippen LogP contribution is -2.12. The molecule has 1 aromatic heterocycles. The number of aromatic nitrogens is 1. The molecule has 0 aliphatic rings. The van der Waals surface area contributed by atoms with Crippen LogP contribution in [0.1, 0.15) is 28.5 Å². The van der Waals surface area contributed by atoms with Crippen LogP contribution in [-0.4, -0.2) is 22.6 Å². The van der Waals surface area contributed by atoms with Gasteiger partial charge in [-0.15, -0.1) is 0 Å². The van der Waals surface area contributed by atoms with E-state index in [-0.39, 0.29) is 12.5 Å². The van der Waals surface area contributed by atoms with E-state index in [2.05, 4.69) is 10.3 Å². The van der Waals surface area contributed by atoms with E-state index in [9.17, 15) is 9.90 Å². The summed E-state index contributed by atoms with van der Waals surface area (Å²) in [6.07, 6.45) is 1.60. The Morgan fingerprint density at radius 2 is 2.14 bits per heavy atom. The molecule has 21 heavy (non-hydrogen) atoms. The van der Waals surface area contributed by atoms with E-state index < -0.39 is 0 Å². The van der Waals surface area contributed by atoms with Gasteiger partial charge in [0.15, 0.2) is 0 Å². The van der Waals surface area contributed by atoms with E-state index in [0.717, 1.165) is 5.69 Å². The number of hydrogen-bond donors (Lipinski definition) is 2. The van der Waals surface area contributed by atoms with Crippen LogP contribution in [0.15, 0.2) is 36.5 Å². The van der Waals surface area contributed by atoms with Crippen molar-refractivity contribution in [1.82, 2.24) is 4.98 Å². The number of carbonyl (C=O) groups is 1. The van der Waals surface area contributed by atoms with Gasteiger partial charge in [-0.05, 0) is 44.2 Å². The highest BCUT2D eigenvalue weighted by Gasteiger charge is 2.09. The lowest BCUT2D eigenvalue weighted by molar-refractivity contribution is 0.102. The third-order valence-corrected chi connectivity index (χ3v) is 2.95. The molecule has 2 rings (SSSR count). The second-order valence-electron chi connectivity index (χ2n) is 4.55. The van der Waals surface area contributed by atoms with Crippen LogP contribution >= 0.6 is 0 Å². The van der Waals surface area contributed by atoms with Gasteiger partial charge in [-0.3, -0.25) is 9.78 Å². The lowest BCUT2D eigenvalue weighted by Gasteiger charge is -2.11. The van der Waals surface area contributed by atoms with Crippen LogP contribution in [-0.2, 0) is 6.61 Å². The van der Waals surface area contributed by atoms with Crippen LogP contribution < -0.4 is 10.1 Å².